The predicted molar refractivity (Wildman–Crippen MR) is 82.5 cm³/mol. The van der Waals surface area contributed by atoms with Crippen LogP contribution in [0.3, 0.4) is 0 Å². The van der Waals surface area contributed by atoms with Gasteiger partial charge in [0.05, 0.1) is 0 Å². The lowest BCUT2D eigenvalue weighted by atomic mass is 10.0. The minimum atomic E-state index is -0.926. The lowest BCUT2D eigenvalue weighted by Crippen LogP contribution is -2.20. The summed E-state index contributed by atoms with van der Waals surface area (Å²) in [4.78, 5) is 4.12. The van der Waals surface area contributed by atoms with Crippen molar-refractivity contribution in [1.29, 1.82) is 0 Å². The average Bonchev–Trinajstić information content (AvgIpc) is 3.06. The van der Waals surface area contributed by atoms with Crippen molar-refractivity contribution in [2.45, 2.75) is 6.04 Å². The third-order valence-corrected chi connectivity index (χ3v) is 3.85. The SMILES string of the molecule is Fc1ccc(C2=CC(c3ccc(F)c(F)c3)n3ncnc3N2)cc1. The van der Waals surface area contributed by atoms with Crippen LogP contribution in [0.2, 0.25) is 0 Å². The van der Waals surface area contributed by atoms with E-state index in [0.29, 0.717) is 17.2 Å². The average molecular weight is 328 g/mol. The summed E-state index contributed by atoms with van der Waals surface area (Å²) < 4.78 is 41.5. The summed E-state index contributed by atoms with van der Waals surface area (Å²) in [5.74, 6) is -1.71. The number of aromatic nitrogens is 3. The van der Waals surface area contributed by atoms with E-state index in [0.717, 1.165) is 17.7 Å². The molecule has 3 aromatic rings. The van der Waals surface area contributed by atoms with Crippen LogP contribution >= 0.6 is 0 Å². The smallest absolute Gasteiger partial charge is 0.226 e. The standard InChI is InChI=1S/C17H11F3N4/c18-12-4-1-10(2-5-12)15-8-16(24-17(23-15)21-9-22-24)11-3-6-13(19)14(20)7-11/h1-9,16H,(H,21,22,23). The first kappa shape index (κ1) is 14.5. The topological polar surface area (TPSA) is 42.7 Å². The first-order valence-corrected chi connectivity index (χ1v) is 7.21. The highest BCUT2D eigenvalue weighted by Crippen LogP contribution is 2.32. The van der Waals surface area contributed by atoms with Crippen molar-refractivity contribution in [3.05, 3.63) is 83.4 Å². The Balaban J connectivity index is 1.81. The summed E-state index contributed by atoms with van der Waals surface area (Å²) in [5.41, 5.74) is 1.96. The molecule has 0 saturated carbocycles. The highest BCUT2D eigenvalue weighted by molar-refractivity contribution is 5.77. The maximum atomic E-state index is 13.6. The lowest BCUT2D eigenvalue weighted by Gasteiger charge is -2.24. The summed E-state index contributed by atoms with van der Waals surface area (Å²) >= 11 is 0. The van der Waals surface area contributed by atoms with E-state index in [1.54, 1.807) is 16.8 Å². The van der Waals surface area contributed by atoms with Gasteiger partial charge in [0.1, 0.15) is 18.2 Å². The number of allylic oxidation sites excluding steroid dienone is 1. The summed E-state index contributed by atoms with van der Waals surface area (Å²) in [5, 5.41) is 7.23. The number of nitrogens with zero attached hydrogens (tertiary/aromatic N) is 3. The zero-order chi connectivity index (χ0) is 16.7. The van der Waals surface area contributed by atoms with Crippen LogP contribution in [0.25, 0.3) is 5.70 Å². The molecule has 7 heteroatoms. The second-order valence-corrected chi connectivity index (χ2v) is 5.36. The number of nitrogens with one attached hydrogen (secondary N) is 1. The molecule has 1 unspecified atom stereocenters. The predicted octanol–water partition coefficient (Wildman–Crippen LogP) is 3.75. The molecule has 1 N–H and O–H groups in total. The quantitative estimate of drug-likeness (QED) is 0.779. The van der Waals surface area contributed by atoms with Crippen molar-refractivity contribution < 1.29 is 13.2 Å². The third kappa shape index (κ3) is 2.44. The monoisotopic (exact) mass is 328 g/mol. The molecule has 0 amide bonds. The Kier molecular flexibility index (Phi) is 3.34. The molecule has 0 spiro atoms. The molecule has 24 heavy (non-hydrogen) atoms. The fourth-order valence-corrected chi connectivity index (χ4v) is 2.67. The van der Waals surface area contributed by atoms with Crippen LogP contribution in [0.15, 0.2) is 54.9 Å². The van der Waals surface area contributed by atoms with E-state index in [9.17, 15) is 13.2 Å². The van der Waals surface area contributed by atoms with Gasteiger partial charge in [0.25, 0.3) is 0 Å². The number of fused-ring (bicyclic) bond motifs is 1. The normalized spacial score (nSPS) is 16.3. The minimum absolute atomic E-state index is 0.338. The fraction of sp³-hybridized carbons (Fsp3) is 0.0588. The summed E-state index contributed by atoms with van der Waals surface area (Å²) in [6.45, 7) is 0. The van der Waals surface area contributed by atoms with Gasteiger partial charge in [0, 0.05) is 5.70 Å². The first-order valence-electron chi connectivity index (χ1n) is 7.21. The first-order chi connectivity index (χ1) is 11.6. The van der Waals surface area contributed by atoms with Crippen LogP contribution in [-0.2, 0) is 0 Å². The lowest BCUT2D eigenvalue weighted by molar-refractivity contribution is 0.503. The van der Waals surface area contributed by atoms with Gasteiger partial charge >= 0.3 is 0 Å². The molecule has 0 aliphatic carbocycles. The number of benzene rings is 2. The van der Waals surface area contributed by atoms with Gasteiger partial charge in [-0.2, -0.15) is 10.1 Å². The van der Waals surface area contributed by atoms with Crippen LogP contribution in [-0.4, -0.2) is 14.8 Å². The van der Waals surface area contributed by atoms with Crippen molar-refractivity contribution in [2.24, 2.45) is 0 Å². The molecule has 4 nitrogen and oxygen atoms in total. The Morgan fingerprint density at radius 1 is 0.958 bits per heavy atom. The molecule has 4 rings (SSSR count). The van der Waals surface area contributed by atoms with Crippen LogP contribution in [0.4, 0.5) is 19.1 Å². The molecule has 2 heterocycles. The number of hydrogen-bond donors (Lipinski definition) is 1. The molecule has 0 bridgehead atoms. The van der Waals surface area contributed by atoms with E-state index in [2.05, 4.69) is 15.4 Å². The van der Waals surface area contributed by atoms with Crippen LogP contribution in [0, 0.1) is 17.5 Å². The van der Waals surface area contributed by atoms with Crippen molar-refractivity contribution in [3.63, 3.8) is 0 Å². The Labute approximate surface area is 135 Å². The van der Waals surface area contributed by atoms with Crippen LogP contribution < -0.4 is 5.32 Å². The molecule has 1 aromatic heterocycles. The second kappa shape index (κ2) is 5.52. The summed E-state index contributed by atoms with van der Waals surface area (Å²) in [7, 11) is 0. The molecule has 0 saturated heterocycles. The van der Waals surface area contributed by atoms with Crippen LogP contribution in [0.1, 0.15) is 17.2 Å². The second-order valence-electron chi connectivity index (χ2n) is 5.36. The molecule has 1 aliphatic rings. The molecule has 0 fully saturated rings. The van der Waals surface area contributed by atoms with Gasteiger partial charge in [0.15, 0.2) is 11.6 Å². The van der Waals surface area contributed by atoms with E-state index in [1.165, 1.54) is 24.5 Å². The highest BCUT2D eigenvalue weighted by Gasteiger charge is 2.24. The van der Waals surface area contributed by atoms with E-state index in [4.69, 9.17) is 0 Å². The number of halogens is 3. The Morgan fingerprint density at radius 3 is 2.50 bits per heavy atom. The summed E-state index contributed by atoms with van der Waals surface area (Å²) in [6, 6.07) is 9.21. The molecular weight excluding hydrogens is 317 g/mol. The van der Waals surface area contributed by atoms with Gasteiger partial charge in [-0.15, -0.1) is 0 Å². The Hall–Kier alpha value is -3.09. The Bertz CT molecular complexity index is 931. The van der Waals surface area contributed by atoms with Gasteiger partial charge in [-0.3, -0.25) is 0 Å². The third-order valence-electron chi connectivity index (χ3n) is 3.85. The molecule has 1 aliphatic heterocycles. The van der Waals surface area contributed by atoms with Gasteiger partial charge in [-0.25, -0.2) is 17.9 Å². The maximum absolute atomic E-state index is 13.6. The Morgan fingerprint density at radius 2 is 1.75 bits per heavy atom. The zero-order valence-electron chi connectivity index (χ0n) is 12.2. The molecule has 120 valence electrons. The number of anilines is 1. The number of hydrogen-bond acceptors (Lipinski definition) is 3. The van der Waals surface area contributed by atoms with Crippen molar-refractivity contribution in [3.8, 4) is 0 Å². The van der Waals surface area contributed by atoms with Crippen molar-refractivity contribution in [1.82, 2.24) is 14.8 Å². The largest absolute Gasteiger partial charge is 0.324 e. The van der Waals surface area contributed by atoms with Gasteiger partial charge in [0.2, 0.25) is 5.95 Å². The summed E-state index contributed by atoms with van der Waals surface area (Å²) in [6.07, 6.45) is 3.18. The molecule has 2 aromatic carbocycles. The zero-order valence-corrected chi connectivity index (χ0v) is 12.2. The van der Waals surface area contributed by atoms with E-state index >= 15 is 0 Å². The van der Waals surface area contributed by atoms with E-state index in [1.807, 2.05) is 6.08 Å². The molecular formula is C17H11F3N4. The van der Waals surface area contributed by atoms with Crippen molar-refractivity contribution >= 4 is 11.6 Å². The van der Waals surface area contributed by atoms with Gasteiger partial charge < -0.3 is 5.32 Å². The molecule has 0 radical (unpaired) electrons. The van der Waals surface area contributed by atoms with E-state index < -0.39 is 17.7 Å². The highest BCUT2D eigenvalue weighted by atomic mass is 19.2. The van der Waals surface area contributed by atoms with Gasteiger partial charge in [-0.1, -0.05) is 6.07 Å². The molecule has 1 atom stereocenters. The van der Waals surface area contributed by atoms with Crippen molar-refractivity contribution in [2.75, 3.05) is 5.32 Å². The minimum Gasteiger partial charge on any atom is -0.324 e. The maximum Gasteiger partial charge on any atom is 0.226 e. The van der Waals surface area contributed by atoms with E-state index in [-0.39, 0.29) is 5.82 Å². The number of rotatable bonds is 2. The van der Waals surface area contributed by atoms with Gasteiger partial charge in [-0.05, 0) is 53.6 Å². The van der Waals surface area contributed by atoms with Crippen LogP contribution in [0.5, 0.6) is 0 Å². The fourth-order valence-electron chi connectivity index (χ4n) is 2.67.